The summed E-state index contributed by atoms with van der Waals surface area (Å²) in [5.74, 6) is 4.23. The molecule has 50 heavy (non-hydrogen) atoms. The van der Waals surface area contributed by atoms with E-state index in [0.717, 1.165) is 37.2 Å². The lowest BCUT2D eigenvalue weighted by Gasteiger charge is -2.27. The molecular formula is C38H52N5O6S+. The first kappa shape index (κ1) is 38.7. The summed E-state index contributed by atoms with van der Waals surface area (Å²) in [7, 11) is -4.03. The second-order valence-electron chi connectivity index (χ2n) is 13.7. The van der Waals surface area contributed by atoms with Crippen LogP contribution in [0.5, 0.6) is 0 Å². The maximum Gasteiger partial charge on any atom is 0.265 e. The molecule has 0 aromatic heterocycles. The van der Waals surface area contributed by atoms with Gasteiger partial charge >= 0.3 is 0 Å². The van der Waals surface area contributed by atoms with Gasteiger partial charge in [0.2, 0.25) is 17.5 Å². The number of nitrogens with one attached hydrogen (secondary N) is 2. The number of hydrogen-bond acceptors (Lipinski definition) is 7. The van der Waals surface area contributed by atoms with Gasteiger partial charge in [0, 0.05) is 67.0 Å². The maximum atomic E-state index is 12.2. The summed E-state index contributed by atoms with van der Waals surface area (Å²) in [6.45, 7) is 10.6. The Balaban J connectivity index is 1.40. The Labute approximate surface area is 296 Å². The van der Waals surface area contributed by atoms with Crippen molar-refractivity contribution in [2.45, 2.75) is 70.6 Å². The first-order chi connectivity index (χ1) is 23.8. The van der Waals surface area contributed by atoms with Gasteiger partial charge in [0.05, 0.1) is 11.2 Å². The number of nitrogens with zero attached hydrogens (tertiary/aromatic N) is 2. The van der Waals surface area contributed by atoms with Crippen LogP contribution in [0.4, 0.5) is 11.4 Å². The monoisotopic (exact) mass is 706 g/mol. The quantitative estimate of drug-likeness (QED) is 0.0566. The van der Waals surface area contributed by atoms with Gasteiger partial charge in [-0.3, -0.25) is 19.0 Å². The van der Waals surface area contributed by atoms with Crippen LogP contribution in [0.15, 0.2) is 84.6 Å². The van der Waals surface area contributed by atoms with Gasteiger partial charge in [-0.25, -0.2) is 5.90 Å². The fourth-order valence-corrected chi connectivity index (χ4v) is 7.37. The molecule has 0 unspecified atom stereocenters. The molecule has 0 aliphatic carbocycles. The minimum atomic E-state index is -4.03. The Bertz CT molecular complexity index is 1760. The Morgan fingerprint density at radius 2 is 1.56 bits per heavy atom. The Kier molecular flexibility index (Phi) is 13.3. The van der Waals surface area contributed by atoms with Gasteiger partial charge < -0.3 is 15.5 Å². The molecule has 0 bridgehead atoms. The fourth-order valence-electron chi connectivity index (χ4n) is 6.88. The molecule has 4 rings (SSSR count). The SMILES string of the molecule is CC1(C)C(/C=C/C=C/C=C2\N(CCCCCC(=O)NCCNC(=O)CON)c3ccccc3C2(C)C)=[N+](CCCS(=O)(=O)O)c2ccccc21. The van der Waals surface area contributed by atoms with E-state index in [1.54, 1.807) is 0 Å². The van der Waals surface area contributed by atoms with Crippen LogP contribution in [0, 0.1) is 0 Å². The number of rotatable bonds is 18. The molecule has 0 radical (unpaired) electrons. The van der Waals surface area contributed by atoms with E-state index in [4.69, 9.17) is 5.90 Å². The van der Waals surface area contributed by atoms with Crippen molar-refractivity contribution in [2.75, 3.05) is 43.4 Å². The van der Waals surface area contributed by atoms with E-state index in [9.17, 15) is 22.6 Å². The zero-order chi connectivity index (χ0) is 36.4. The summed E-state index contributed by atoms with van der Waals surface area (Å²) in [4.78, 5) is 30.3. The molecule has 5 N–H and O–H groups in total. The summed E-state index contributed by atoms with van der Waals surface area (Å²) in [5, 5.41) is 5.44. The smallest absolute Gasteiger partial charge is 0.265 e. The number of anilines is 1. The lowest BCUT2D eigenvalue weighted by Crippen LogP contribution is -2.36. The van der Waals surface area contributed by atoms with E-state index >= 15 is 0 Å². The van der Waals surface area contributed by atoms with Crippen molar-refractivity contribution in [1.29, 1.82) is 0 Å². The summed E-state index contributed by atoms with van der Waals surface area (Å²) in [5.41, 5.74) is 6.53. The van der Waals surface area contributed by atoms with Gasteiger partial charge in [-0.15, -0.1) is 0 Å². The second-order valence-corrected chi connectivity index (χ2v) is 15.3. The van der Waals surface area contributed by atoms with Crippen LogP contribution in [-0.2, 0) is 35.4 Å². The first-order valence-corrected chi connectivity index (χ1v) is 18.9. The van der Waals surface area contributed by atoms with Crippen LogP contribution in [0.2, 0.25) is 0 Å². The average Bonchev–Trinajstić information content (AvgIpc) is 3.41. The summed E-state index contributed by atoms with van der Waals surface area (Å²) < 4.78 is 34.3. The summed E-state index contributed by atoms with van der Waals surface area (Å²) >= 11 is 0. The Morgan fingerprint density at radius 3 is 2.28 bits per heavy atom. The van der Waals surface area contributed by atoms with Gasteiger partial charge in [-0.2, -0.15) is 13.0 Å². The highest BCUT2D eigenvalue weighted by Gasteiger charge is 2.44. The molecule has 12 heteroatoms. The van der Waals surface area contributed by atoms with Gasteiger partial charge in [0.15, 0.2) is 5.71 Å². The highest BCUT2D eigenvalue weighted by Crippen LogP contribution is 2.47. The zero-order valence-corrected chi connectivity index (χ0v) is 30.5. The fraction of sp³-hybridized carbons (Fsp3) is 0.447. The molecular weight excluding hydrogens is 655 g/mol. The number of benzene rings is 2. The third-order valence-electron chi connectivity index (χ3n) is 9.38. The number of fused-ring (bicyclic) bond motifs is 2. The molecule has 0 fully saturated rings. The number of allylic oxidation sites excluding steroid dienone is 6. The van der Waals surface area contributed by atoms with Crippen molar-refractivity contribution in [3.05, 3.63) is 95.7 Å². The number of unbranched alkanes of at least 4 members (excludes halogenated alkanes) is 2. The van der Waals surface area contributed by atoms with Crippen molar-refractivity contribution in [1.82, 2.24) is 10.6 Å². The van der Waals surface area contributed by atoms with Gasteiger partial charge in [-0.1, -0.05) is 74.9 Å². The lowest BCUT2D eigenvalue weighted by molar-refractivity contribution is -0.437. The molecule has 0 saturated heterocycles. The highest BCUT2D eigenvalue weighted by molar-refractivity contribution is 7.85. The van der Waals surface area contributed by atoms with Crippen molar-refractivity contribution in [3.8, 4) is 0 Å². The zero-order valence-electron chi connectivity index (χ0n) is 29.7. The highest BCUT2D eigenvalue weighted by atomic mass is 32.2. The normalized spacial score (nSPS) is 17.2. The summed E-state index contributed by atoms with van der Waals surface area (Å²) in [6, 6.07) is 16.7. The number of carbonyl (C=O) groups is 2. The topological polar surface area (TPSA) is 154 Å². The van der Waals surface area contributed by atoms with E-state index in [1.165, 1.54) is 22.5 Å². The Hall–Kier alpha value is -4.10. The van der Waals surface area contributed by atoms with Crippen LogP contribution >= 0.6 is 0 Å². The standard InChI is InChI=1S/C38H51N5O6S/c1-37(2)29-16-10-12-18-31(29)42(25-14-6-9-22-35(44)40-23-24-41-36(45)28-49-39)33(37)20-7-5-8-21-34-38(3,4)30-17-11-13-19-32(30)43(34)26-15-27-50(46,47)48/h5,7-8,10-13,16-21H,6,9,14-15,22-28,39H2,1-4H3,(H2-,40,41,44,45,46,47,48)/p+1. The van der Waals surface area contributed by atoms with E-state index in [0.29, 0.717) is 32.5 Å². The molecule has 0 spiro atoms. The summed E-state index contributed by atoms with van der Waals surface area (Å²) in [6.07, 6.45) is 13.7. The van der Waals surface area contributed by atoms with Crippen molar-refractivity contribution in [3.63, 3.8) is 0 Å². The van der Waals surface area contributed by atoms with Crippen LogP contribution < -0.4 is 21.4 Å². The molecule has 2 heterocycles. The maximum absolute atomic E-state index is 12.2. The predicted molar refractivity (Wildman–Crippen MR) is 198 cm³/mol. The van der Waals surface area contributed by atoms with Crippen molar-refractivity contribution in [2.24, 2.45) is 5.90 Å². The minimum absolute atomic E-state index is 0.0370. The number of nitrogens with two attached hydrogens (primary N) is 1. The third-order valence-corrected chi connectivity index (χ3v) is 10.2. The number of carbonyl (C=O) groups excluding carboxylic acids is 2. The molecule has 2 aromatic rings. The van der Waals surface area contributed by atoms with Gasteiger partial charge in [0.25, 0.3) is 10.1 Å². The number of para-hydroxylation sites is 2. The average molecular weight is 707 g/mol. The molecule has 270 valence electrons. The molecule has 2 aliphatic rings. The van der Waals surface area contributed by atoms with Gasteiger partial charge in [-0.05, 0) is 44.4 Å². The van der Waals surface area contributed by atoms with E-state index in [-0.39, 0.29) is 35.0 Å². The molecule has 0 atom stereocenters. The molecule has 2 aliphatic heterocycles. The van der Waals surface area contributed by atoms with Gasteiger partial charge in [0.1, 0.15) is 13.2 Å². The molecule has 0 saturated carbocycles. The first-order valence-electron chi connectivity index (χ1n) is 17.2. The largest absolute Gasteiger partial charge is 0.354 e. The number of amides is 2. The third kappa shape index (κ3) is 9.78. The Morgan fingerprint density at radius 1 is 0.880 bits per heavy atom. The number of hydrogen-bond donors (Lipinski definition) is 4. The second kappa shape index (κ2) is 17.2. The van der Waals surface area contributed by atoms with Crippen LogP contribution in [0.3, 0.4) is 0 Å². The van der Waals surface area contributed by atoms with Crippen LogP contribution in [0.1, 0.15) is 70.9 Å². The van der Waals surface area contributed by atoms with Crippen LogP contribution in [0.25, 0.3) is 0 Å². The lowest BCUT2D eigenvalue weighted by atomic mass is 9.81. The van der Waals surface area contributed by atoms with Crippen molar-refractivity contribution >= 4 is 39.0 Å². The minimum Gasteiger partial charge on any atom is -0.354 e. The van der Waals surface area contributed by atoms with E-state index < -0.39 is 10.1 Å². The predicted octanol–water partition coefficient (Wildman–Crippen LogP) is 4.82. The van der Waals surface area contributed by atoms with E-state index in [1.807, 2.05) is 24.3 Å². The van der Waals surface area contributed by atoms with Crippen LogP contribution in [-0.4, -0.2) is 73.6 Å². The molecule has 2 aromatic carbocycles. The molecule has 11 nitrogen and oxygen atoms in total. The van der Waals surface area contributed by atoms with Crippen molar-refractivity contribution < 1.29 is 32.0 Å². The molecule has 2 amide bonds. The van der Waals surface area contributed by atoms with E-state index in [2.05, 4.69) is 107 Å².